The van der Waals surface area contributed by atoms with Gasteiger partial charge >= 0.3 is 11.9 Å². The number of aryl methyl sites for hydroxylation is 1. The molecule has 0 unspecified atom stereocenters. The van der Waals surface area contributed by atoms with Gasteiger partial charge in [0.2, 0.25) is 0 Å². The predicted molar refractivity (Wildman–Crippen MR) is 142 cm³/mol. The molecule has 1 aliphatic carbocycles. The fourth-order valence-corrected chi connectivity index (χ4v) is 5.48. The summed E-state index contributed by atoms with van der Waals surface area (Å²) in [5, 5.41) is 10.9. The van der Waals surface area contributed by atoms with Crippen molar-refractivity contribution in [2.24, 2.45) is 11.8 Å². The van der Waals surface area contributed by atoms with Crippen LogP contribution in [0.25, 0.3) is 11.1 Å². The number of rotatable bonds is 7. The Morgan fingerprint density at radius 3 is 2.49 bits per heavy atom. The largest absolute Gasteiger partial charge is 0.462 e. The smallest absolute Gasteiger partial charge is 0.338 e. The first-order valence-corrected chi connectivity index (χ1v) is 12.9. The van der Waals surface area contributed by atoms with Gasteiger partial charge in [0, 0.05) is 24.2 Å². The first kappa shape index (κ1) is 25.0. The van der Waals surface area contributed by atoms with E-state index >= 15 is 0 Å². The fourth-order valence-electron chi connectivity index (χ4n) is 5.48. The zero-order chi connectivity index (χ0) is 25.9. The van der Waals surface area contributed by atoms with Crippen molar-refractivity contribution in [3.8, 4) is 11.1 Å². The summed E-state index contributed by atoms with van der Waals surface area (Å²) in [4.78, 5) is 25.0. The van der Waals surface area contributed by atoms with Gasteiger partial charge < -0.3 is 14.6 Å². The van der Waals surface area contributed by atoms with Gasteiger partial charge in [0.1, 0.15) is 12.2 Å². The van der Waals surface area contributed by atoms with E-state index in [1.54, 1.807) is 18.2 Å². The monoisotopic (exact) mass is 496 g/mol. The van der Waals surface area contributed by atoms with Gasteiger partial charge in [0.05, 0.1) is 18.1 Å². The van der Waals surface area contributed by atoms with E-state index in [1.165, 1.54) is 0 Å². The summed E-state index contributed by atoms with van der Waals surface area (Å²) >= 11 is 0. The minimum atomic E-state index is -0.708. The second kappa shape index (κ2) is 10.7. The molecule has 2 aliphatic rings. The lowest BCUT2D eigenvalue weighted by Crippen LogP contribution is -2.25. The Kier molecular flexibility index (Phi) is 7.24. The second-order valence-corrected chi connectivity index (χ2v) is 10.2. The molecule has 6 atom stereocenters. The number of benzene rings is 3. The van der Waals surface area contributed by atoms with Crippen LogP contribution in [0, 0.1) is 18.8 Å². The number of ether oxygens (including phenoxy) is 2. The SMILES string of the molecule is Cc1cccc([C@@H](C)[C@H](O)/C=C/[C@@H]2[C@H]3CC(=O)O[C@H]3C[C@H]2OC(=O)c2ccc(-c3ccccc3)cc2)c1. The van der Waals surface area contributed by atoms with Crippen molar-refractivity contribution in [2.45, 2.75) is 50.9 Å². The van der Waals surface area contributed by atoms with E-state index in [1.807, 2.05) is 80.6 Å². The van der Waals surface area contributed by atoms with E-state index in [2.05, 4.69) is 6.07 Å². The molecule has 1 aliphatic heterocycles. The maximum Gasteiger partial charge on any atom is 0.338 e. The van der Waals surface area contributed by atoms with E-state index in [4.69, 9.17) is 9.47 Å². The van der Waals surface area contributed by atoms with Crippen LogP contribution in [0.1, 0.15) is 47.2 Å². The summed E-state index contributed by atoms with van der Waals surface area (Å²) in [6.07, 6.45) is 3.04. The van der Waals surface area contributed by atoms with Crippen LogP contribution < -0.4 is 0 Å². The zero-order valence-corrected chi connectivity index (χ0v) is 21.1. The molecule has 1 heterocycles. The third-order valence-electron chi connectivity index (χ3n) is 7.65. The molecular formula is C32H32O5. The maximum absolute atomic E-state index is 13.0. The highest BCUT2D eigenvalue weighted by Crippen LogP contribution is 2.44. The Bertz CT molecular complexity index is 1280. The minimum Gasteiger partial charge on any atom is -0.462 e. The first-order chi connectivity index (χ1) is 17.9. The molecule has 0 bridgehead atoms. The Labute approximate surface area is 217 Å². The third kappa shape index (κ3) is 5.52. The van der Waals surface area contributed by atoms with Crippen molar-refractivity contribution in [1.29, 1.82) is 0 Å². The zero-order valence-electron chi connectivity index (χ0n) is 21.1. The molecule has 0 spiro atoms. The van der Waals surface area contributed by atoms with Gasteiger partial charge in [-0.3, -0.25) is 4.79 Å². The lowest BCUT2D eigenvalue weighted by Gasteiger charge is -2.22. The summed E-state index contributed by atoms with van der Waals surface area (Å²) < 4.78 is 11.5. The van der Waals surface area contributed by atoms with Gasteiger partial charge in [-0.1, -0.05) is 91.4 Å². The fraction of sp³-hybridized carbons (Fsp3) is 0.312. The summed E-state index contributed by atoms with van der Waals surface area (Å²) in [6.45, 7) is 4.02. The molecule has 1 saturated carbocycles. The lowest BCUT2D eigenvalue weighted by molar-refractivity contribution is -0.141. The standard InChI is InChI=1S/C32H32O5/c1-20-7-6-10-25(17-20)21(2)28(33)16-15-26-27-18-31(34)36-30(27)19-29(26)37-32(35)24-13-11-23(12-14-24)22-8-4-3-5-9-22/h3-17,21,26-30,33H,18-19H2,1-2H3/b16-15+/t21-,26-,27-,28-,29-,30+/m1/s1. The number of aliphatic hydroxyl groups is 1. The molecule has 37 heavy (non-hydrogen) atoms. The van der Waals surface area contributed by atoms with E-state index < -0.39 is 18.2 Å². The summed E-state index contributed by atoms with van der Waals surface area (Å²) in [5.41, 5.74) is 4.78. The van der Waals surface area contributed by atoms with Crippen molar-refractivity contribution in [2.75, 3.05) is 0 Å². The highest BCUT2D eigenvalue weighted by molar-refractivity contribution is 5.90. The molecule has 190 valence electrons. The first-order valence-electron chi connectivity index (χ1n) is 12.9. The molecule has 2 fully saturated rings. The molecule has 5 rings (SSSR count). The highest BCUT2D eigenvalue weighted by Gasteiger charge is 2.50. The Balaban J connectivity index is 1.29. The van der Waals surface area contributed by atoms with Crippen molar-refractivity contribution in [3.05, 3.63) is 108 Å². The Morgan fingerprint density at radius 1 is 1.03 bits per heavy atom. The highest BCUT2D eigenvalue weighted by atomic mass is 16.6. The van der Waals surface area contributed by atoms with Crippen molar-refractivity contribution in [3.63, 3.8) is 0 Å². The number of fused-ring (bicyclic) bond motifs is 1. The van der Waals surface area contributed by atoms with Crippen molar-refractivity contribution in [1.82, 2.24) is 0 Å². The van der Waals surface area contributed by atoms with E-state index in [0.29, 0.717) is 18.4 Å². The summed E-state index contributed by atoms with van der Waals surface area (Å²) in [5.74, 6) is -0.989. The maximum atomic E-state index is 13.0. The number of hydrogen-bond donors (Lipinski definition) is 1. The van der Waals surface area contributed by atoms with Crippen LogP contribution in [0.5, 0.6) is 0 Å². The topological polar surface area (TPSA) is 72.8 Å². The van der Waals surface area contributed by atoms with Gasteiger partial charge in [-0.15, -0.1) is 0 Å². The third-order valence-corrected chi connectivity index (χ3v) is 7.65. The van der Waals surface area contributed by atoms with Crippen LogP contribution in [-0.2, 0) is 14.3 Å². The molecule has 0 radical (unpaired) electrons. The van der Waals surface area contributed by atoms with E-state index in [-0.39, 0.29) is 29.8 Å². The van der Waals surface area contributed by atoms with Crippen molar-refractivity contribution < 1.29 is 24.2 Å². The molecule has 0 aromatic heterocycles. The Morgan fingerprint density at radius 2 is 1.76 bits per heavy atom. The normalized spacial score (nSPS) is 24.5. The molecule has 1 saturated heterocycles. The molecular weight excluding hydrogens is 464 g/mol. The van der Waals surface area contributed by atoms with Gasteiger partial charge in [-0.2, -0.15) is 0 Å². The van der Waals surface area contributed by atoms with Crippen LogP contribution in [0.4, 0.5) is 0 Å². The van der Waals surface area contributed by atoms with Gasteiger partial charge in [0.25, 0.3) is 0 Å². The number of carbonyl (C=O) groups is 2. The van der Waals surface area contributed by atoms with Crippen LogP contribution in [-0.4, -0.2) is 35.4 Å². The van der Waals surface area contributed by atoms with Gasteiger partial charge in [-0.25, -0.2) is 4.79 Å². The molecule has 5 nitrogen and oxygen atoms in total. The van der Waals surface area contributed by atoms with Crippen molar-refractivity contribution >= 4 is 11.9 Å². The van der Waals surface area contributed by atoms with E-state index in [0.717, 1.165) is 22.3 Å². The number of carbonyl (C=O) groups excluding carboxylic acids is 2. The number of esters is 2. The number of hydrogen-bond acceptors (Lipinski definition) is 5. The average Bonchev–Trinajstić information content (AvgIpc) is 3.42. The Hall–Kier alpha value is -3.70. The second-order valence-electron chi connectivity index (χ2n) is 10.2. The summed E-state index contributed by atoms with van der Waals surface area (Å²) in [6, 6.07) is 25.5. The van der Waals surface area contributed by atoms with Crippen LogP contribution >= 0.6 is 0 Å². The molecule has 5 heteroatoms. The van der Waals surface area contributed by atoms with Crippen LogP contribution in [0.2, 0.25) is 0 Å². The minimum absolute atomic E-state index is 0.0662. The molecule has 0 amide bonds. The molecule has 1 N–H and O–H groups in total. The van der Waals surface area contributed by atoms with Gasteiger partial charge in [-0.05, 0) is 35.7 Å². The number of aliphatic hydroxyl groups excluding tert-OH is 1. The predicted octanol–water partition coefficient (Wildman–Crippen LogP) is 5.86. The van der Waals surface area contributed by atoms with Crippen LogP contribution in [0.15, 0.2) is 91.0 Å². The van der Waals surface area contributed by atoms with E-state index in [9.17, 15) is 14.7 Å². The molecule has 3 aromatic rings. The average molecular weight is 497 g/mol. The lowest BCUT2D eigenvalue weighted by atomic mass is 9.89. The quantitative estimate of drug-likeness (QED) is 0.328. The molecule has 3 aromatic carbocycles. The van der Waals surface area contributed by atoms with Gasteiger partial charge in [0.15, 0.2) is 0 Å². The van der Waals surface area contributed by atoms with Crippen LogP contribution in [0.3, 0.4) is 0 Å². The summed E-state index contributed by atoms with van der Waals surface area (Å²) in [7, 11) is 0.